The first-order valence-electron chi connectivity index (χ1n) is 7.52. The number of nitrogens with zero attached hydrogens (tertiary/aromatic N) is 3. The predicted octanol–water partition coefficient (Wildman–Crippen LogP) is 2.12. The molecule has 1 unspecified atom stereocenters. The van der Waals surface area contributed by atoms with Gasteiger partial charge in [0.15, 0.2) is 5.69 Å². The number of methoxy groups -OCH3 is 2. The highest BCUT2D eigenvalue weighted by Crippen LogP contribution is 2.36. The number of carbonyl (C=O) groups is 1. The molecule has 0 spiro atoms. The summed E-state index contributed by atoms with van der Waals surface area (Å²) < 4.78 is 10.8. The number of hydrogen-bond acceptors (Lipinski definition) is 5. The van der Waals surface area contributed by atoms with Crippen molar-refractivity contribution in [1.29, 1.82) is 0 Å². The Hall–Kier alpha value is -2.63. The predicted molar refractivity (Wildman–Crippen MR) is 84.8 cm³/mol. The molecule has 1 atom stereocenters. The number of amides is 1. The number of ether oxygens (including phenoxy) is 2. The maximum absolute atomic E-state index is 12.5. The third-order valence-electron chi connectivity index (χ3n) is 4.14. The molecule has 0 aliphatic carbocycles. The summed E-state index contributed by atoms with van der Waals surface area (Å²) in [4.78, 5) is 14.3. The highest BCUT2D eigenvalue weighted by molar-refractivity contribution is 5.92. The molecule has 1 aromatic carbocycles. The van der Waals surface area contributed by atoms with Gasteiger partial charge in [0.25, 0.3) is 5.91 Å². The summed E-state index contributed by atoms with van der Waals surface area (Å²) in [6, 6.07) is 9.18. The van der Waals surface area contributed by atoms with Gasteiger partial charge in [-0.3, -0.25) is 4.79 Å². The Balaban J connectivity index is 1.79. The molecule has 0 N–H and O–H groups in total. The Kier molecular flexibility index (Phi) is 4.41. The van der Waals surface area contributed by atoms with Gasteiger partial charge in [0.1, 0.15) is 11.5 Å². The Labute approximate surface area is 135 Å². The largest absolute Gasteiger partial charge is 0.497 e. The number of carbonyl (C=O) groups excluding carboxylic acids is 1. The number of benzene rings is 1. The Morgan fingerprint density at radius 3 is 2.83 bits per heavy atom. The molecular formula is C17H19N3O3. The Bertz CT molecular complexity index is 691. The summed E-state index contributed by atoms with van der Waals surface area (Å²) in [5, 5.41) is 7.67. The van der Waals surface area contributed by atoms with Crippen molar-refractivity contribution in [3.8, 4) is 11.5 Å². The fraction of sp³-hybridized carbons (Fsp3) is 0.353. The second-order valence-electron chi connectivity index (χ2n) is 5.45. The summed E-state index contributed by atoms with van der Waals surface area (Å²) in [5.41, 5.74) is 1.45. The summed E-state index contributed by atoms with van der Waals surface area (Å²) in [7, 11) is 3.30. The van der Waals surface area contributed by atoms with Crippen molar-refractivity contribution < 1.29 is 14.3 Å². The topological polar surface area (TPSA) is 64.6 Å². The highest BCUT2D eigenvalue weighted by atomic mass is 16.5. The van der Waals surface area contributed by atoms with Gasteiger partial charge in [-0.15, -0.1) is 5.10 Å². The van der Waals surface area contributed by atoms with Gasteiger partial charge in [-0.25, -0.2) is 0 Å². The molecule has 3 rings (SSSR count). The van der Waals surface area contributed by atoms with Gasteiger partial charge in [-0.05, 0) is 36.8 Å². The molecule has 1 fully saturated rings. The van der Waals surface area contributed by atoms with E-state index >= 15 is 0 Å². The van der Waals surface area contributed by atoms with E-state index in [9.17, 15) is 4.79 Å². The number of rotatable bonds is 4. The van der Waals surface area contributed by atoms with Crippen LogP contribution >= 0.6 is 0 Å². The zero-order valence-corrected chi connectivity index (χ0v) is 13.2. The van der Waals surface area contributed by atoms with Gasteiger partial charge in [0.2, 0.25) is 0 Å². The first-order chi connectivity index (χ1) is 11.2. The molecule has 23 heavy (non-hydrogen) atoms. The number of likely N-dealkylation sites (tertiary alicyclic amines) is 1. The summed E-state index contributed by atoms with van der Waals surface area (Å²) in [5.74, 6) is 1.76. The minimum absolute atomic E-state index is 0.0811. The lowest BCUT2D eigenvalue weighted by Crippen LogP contribution is -2.29. The van der Waals surface area contributed by atoms with Crippen LogP contribution in [0.2, 0.25) is 0 Å². The van der Waals surface area contributed by atoms with Gasteiger partial charge < -0.3 is 14.4 Å². The van der Waals surface area contributed by atoms with Gasteiger partial charge in [-0.1, -0.05) is 0 Å². The highest BCUT2D eigenvalue weighted by Gasteiger charge is 2.30. The molecule has 1 aliphatic rings. The van der Waals surface area contributed by atoms with E-state index < -0.39 is 0 Å². The maximum Gasteiger partial charge on any atom is 0.274 e. The van der Waals surface area contributed by atoms with Gasteiger partial charge in [0, 0.05) is 30.8 Å². The van der Waals surface area contributed by atoms with Crippen molar-refractivity contribution in [2.24, 2.45) is 0 Å². The lowest BCUT2D eigenvalue weighted by atomic mass is 9.97. The van der Waals surface area contributed by atoms with Gasteiger partial charge in [-0.2, -0.15) is 5.10 Å². The molecule has 120 valence electrons. The lowest BCUT2D eigenvalue weighted by molar-refractivity contribution is 0.0783. The molecule has 2 aromatic rings. The van der Waals surface area contributed by atoms with Crippen molar-refractivity contribution in [3.05, 3.63) is 47.8 Å². The zero-order chi connectivity index (χ0) is 16.2. The van der Waals surface area contributed by atoms with E-state index in [1.165, 1.54) is 0 Å². The normalized spacial score (nSPS) is 17.1. The van der Waals surface area contributed by atoms with Crippen LogP contribution in [0, 0.1) is 0 Å². The summed E-state index contributed by atoms with van der Waals surface area (Å²) >= 11 is 0. The van der Waals surface area contributed by atoms with E-state index in [2.05, 4.69) is 10.2 Å². The zero-order valence-electron chi connectivity index (χ0n) is 13.2. The van der Waals surface area contributed by atoms with E-state index in [1.807, 2.05) is 23.1 Å². The molecule has 1 aromatic heterocycles. The average molecular weight is 313 g/mol. The fourth-order valence-corrected chi connectivity index (χ4v) is 2.93. The van der Waals surface area contributed by atoms with Crippen LogP contribution in [0.15, 0.2) is 36.5 Å². The fourth-order valence-electron chi connectivity index (χ4n) is 2.93. The first-order valence-corrected chi connectivity index (χ1v) is 7.52. The molecule has 0 radical (unpaired) electrons. The average Bonchev–Trinajstić information content (AvgIpc) is 3.11. The molecule has 1 aliphatic heterocycles. The maximum atomic E-state index is 12.5. The Morgan fingerprint density at radius 1 is 1.26 bits per heavy atom. The smallest absolute Gasteiger partial charge is 0.274 e. The van der Waals surface area contributed by atoms with Crippen molar-refractivity contribution >= 4 is 5.91 Å². The number of aromatic nitrogens is 2. The molecular weight excluding hydrogens is 294 g/mol. The standard InChI is InChI=1S/C17H19N3O3/c1-22-13-5-6-16(23-2)14(10-13)12-7-9-20(11-12)17(21)15-4-3-8-18-19-15/h3-6,8,10,12H,7,9,11H2,1-2H3. The molecule has 1 amide bonds. The number of hydrogen-bond donors (Lipinski definition) is 0. The van der Waals surface area contributed by atoms with Crippen LogP contribution < -0.4 is 9.47 Å². The van der Waals surface area contributed by atoms with E-state index in [-0.39, 0.29) is 11.8 Å². The molecule has 0 saturated carbocycles. The minimum Gasteiger partial charge on any atom is -0.497 e. The van der Waals surface area contributed by atoms with Crippen molar-refractivity contribution in [1.82, 2.24) is 15.1 Å². The molecule has 2 heterocycles. The first kappa shape index (κ1) is 15.3. The molecule has 1 saturated heterocycles. The van der Waals surface area contributed by atoms with Crippen LogP contribution in [-0.4, -0.2) is 48.3 Å². The quantitative estimate of drug-likeness (QED) is 0.865. The third-order valence-corrected chi connectivity index (χ3v) is 4.14. The van der Waals surface area contributed by atoms with Crippen molar-refractivity contribution in [2.45, 2.75) is 12.3 Å². The van der Waals surface area contributed by atoms with Gasteiger partial charge in [0.05, 0.1) is 14.2 Å². The van der Waals surface area contributed by atoms with E-state index in [0.717, 1.165) is 23.5 Å². The minimum atomic E-state index is -0.0811. The molecule has 6 heteroatoms. The second-order valence-corrected chi connectivity index (χ2v) is 5.45. The van der Waals surface area contributed by atoms with Crippen LogP contribution in [0.4, 0.5) is 0 Å². The SMILES string of the molecule is COc1ccc(OC)c(C2CCN(C(=O)c3cccnn3)C2)c1. The lowest BCUT2D eigenvalue weighted by Gasteiger charge is -2.18. The van der Waals surface area contributed by atoms with Crippen LogP contribution in [0.3, 0.4) is 0 Å². The van der Waals surface area contributed by atoms with E-state index in [1.54, 1.807) is 32.5 Å². The Morgan fingerprint density at radius 2 is 2.13 bits per heavy atom. The van der Waals surface area contributed by atoms with Crippen molar-refractivity contribution in [3.63, 3.8) is 0 Å². The van der Waals surface area contributed by atoms with E-state index in [4.69, 9.17) is 9.47 Å². The molecule has 6 nitrogen and oxygen atoms in total. The van der Waals surface area contributed by atoms with Crippen LogP contribution in [-0.2, 0) is 0 Å². The van der Waals surface area contributed by atoms with Crippen LogP contribution in [0.25, 0.3) is 0 Å². The van der Waals surface area contributed by atoms with E-state index in [0.29, 0.717) is 18.8 Å². The van der Waals surface area contributed by atoms with Crippen molar-refractivity contribution in [2.75, 3.05) is 27.3 Å². The van der Waals surface area contributed by atoms with Gasteiger partial charge >= 0.3 is 0 Å². The van der Waals surface area contributed by atoms with Crippen LogP contribution in [0.5, 0.6) is 11.5 Å². The summed E-state index contributed by atoms with van der Waals surface area (Å²) in [6.45, 7) is 1.33. The van der Waals surface area contributed by atoms with Crippen LogP contribution in [0.1, 0.15) is 28.4 Å². The molecule has 0 bridgehead atoms. The summed E-state index contributed by atoms with van der Waals surface area (Å²) in [6.07, 6.45) is 2.44. The monoisotopic (exact) mass is 313 g/mol. The second kappa shape index (κ2) is 6.64. The third kappa shape index (κ3) is 3.11.